The molecule has 2 heterocycles. The first kappa shape index (κ1) is 19.8. The lowest BCUT2D eigenvalue weighted by Crippen LogP contribution is -2.47. The first-order valence-electron chi connectivity index (χ1n) is 9.77. The molecular formula is C21H23N5O4. The lowest BCUT2D eigenvalue weighted by Gasteiger charge is -2.38. The minimum atomic E-state index is -0.435. The molecule has 30 heavy (non-hydrogen) atoms. The molecule has 0 N–H and O–H groups in total. The van der Waals surface area contributed by atoms with E-state index in [4.69, 9.17) is 9.15 Å². The summed E-state index contributed by atoms with van der Waals surface area (Å²) in [7, 11) is 1.69. The van der Waals surface area contributed by atoms with Crippen LogP contribution in [0.15, 0.2) is 52.9 Å². The van der Waals surface area contributed by atoms with E-state index in [0.29, 0.717) is 17.3 Å². The van der Waals surface area contributed by atoms with E-state index in [1.54, 1.807) is 19.2 Å². The molecule has 2 aromatic carbocycles. The van der Waals surface area contributed by atoms with Crippen LogP contribution in [-0.2, 0) is 0 Å². The number of methoxy groups -OCH3 is 1. The fraction of sp³-hybridized carbons (Fsp3) is 0.333. The third kappa shape index (κ3) is 3.97. The molecule has 156 valence electrons. The summed E-state index contributed by atoms with van der Waals surface area (Å²) < 4.78 is 11.3. The number of para-hydroxylation sites is 2. The van der Waals surface area contributed by atoms with Crippen LogP contribution in [0.1, 0.15) is 18.9 Å². The highest BCUT2D eigenvalue weighted by Gasteiger charge is 2.27. The number of rotatable bonds is 6. The SMILES string of the molecule is COc1ccccc1N1CCN([C@H](C)c2nnc(-c3ccc([N+](=O)[O-])cc3)o2)CC1. The van der Waals surface area contributed by atoms with E-state index in [1.807, 2.05) is 25.1 Å². The zero-order valence-corrected chi connectivity index (χ0v) is 16.9. The summed E-state index contributed by atoms with van der Waals surface area (Å²) in [6.45, 7) is 5.50. The van der Waals surface area contributed by atoms with Crippen molar-refractivity contribution in [2.24, 2.45) is 0 Å². The smallest absolute Gasteiger partial charge is 0.269 e. The Kier molecular flexibility index (Phi) is 5.62. The van der Waals surface area contributed by atoms with Gasteiger partial charge in [0.2, 0.25) is 11.8 Å². The third-order valence-corrected chi connectivity index (χ3v) is 5.41. The summed E-state index contributed by atoms with van der Waals surface area (Å²) in [4.78, 5) is 15.0. The molecular weight excluding hydrogens is 386 g/mol. The van der Waals surface area contributed by atoms with E-state index in [1.165, 1.54) is 12.1 Å². The van der Waals surface area contributed by atoms with Gasteiger partial charge in [-0.1, -0.05) is 12.1 Å². The number of anilines is 1. The average Bonchev–Trinajstić information content (AvgIpc) is 3.29. The van der Waals surface area contributed by atoms with E-state index in [9.17, 15) is 10.1 Å². The van der Waals surface area contributed by atoms with Crippen molar-refractivity contribution in [1.82, 2.24) is 15.1 Å². The molecule has 1 aliphatic heterocycles. The first-order valence-corrected chi connectivity index (χ1v) is 9.77. The summed E-state index contributed by atoms with van der Waals surface area (Å²) >= 11 is 0. The Balaban J connectivity index is 1.41. The van der Waals surface area contributed by atoms with Gasteiger partial charge in [0.25, 0.3) is 5.69 Å². The lowest BCUT2D eigenvalue weighted by atomic mass is 10.2. The van der Waals surface area contributed by atoms with Gasteiger partial charge in [-0.2, -0.15) is 0 Å². The molecule has 1 atom stereocenters. The van der Waals surface area contributed by atoms with Crippen molar-refractivity contribution in [3.8, 4) is 17.2 Å². The van der Waals surface area contributed by atoms with E-state index >= 15 is 0 Å². The molecule has 1 aliphatic rings. The van der Waals surface area contributed by atoms with E-state index in [2.05, 4.69) is 26.1 Å². The number of nitrogens with zero attached hydrogens (tertiary/aromatic N) is 5. The second-order valence-electron chi connectivity index (χ2n) is 7.12. The topological polar surface area (TPSA) is 97.8 Å². The Bertz CT molecular complexity index is 1010. The maximum Gasteiger partial charge on any atom is 0.269 e. The summed E-state index contributed by atoms with van der Waals surface area (Å²) in [5.41, 5.74) is 1.79. The average molecular weight is 409 g/mol. The van der Waals surface area contributed by atoms with Crippen LogP contribution >= 0.6 is 0 Å². The molecule has 1 aromatic heterocycles. The van der Waals surface area contributed by atoms with Gasteiger partial charge in [-0.25, -0.2) is 0 Å². The summed E-state index contributed by atoms with van der Waals surface area (Å²) in [5, 5.41) is 19.1. The van der Waals surface area contributed by atoms with Crippen molar-refractivity contribution < 1.29 is 14.1 Å². The van der Waals surface area contributed by atoms with Crippen molar-refractivity contribution in [3.05, 3.63) is 64.5 Å². The van der Waals surface area contributed by atoms with Crippen LogP contribution in [0.5, 0.6) is 5.75 Å². The Labute approximate surface area is 174 Å². The predicted molar refractivity (Wildman–Crippen MR) is 112 cm³/mol. The standard InChI is InChI=1S/C21H23N5O4/c1-15(20-22-23-21(30-20)16-7-9-17(10-8-16)26(27)28)24-11-13-25(14-12-24)18-5-3-4-6-19(18)29-2/h3-10,15H,11-14H2,1-2H3/t15-/m1/s1. The quantitative estimate of drug-likeness (QED) is 0.450. The molecule has 0 bridgehead atoms. The van der Waals surface area contributed by atoms with Gasteiger partial charge in [-0.05, 0) is 31.2 Å². The van der Waals surface area contributed by atoms with Gasteiger partial charge in [0, 0.05) is 43.9 Å². The highest BCUT2D eigenvalue weighted by atomic mass is 16.6. The fourth-order valence-corrected chi connectivity index (χ4v) is 3.64. The normalized spacial score (nSPS) is 15.7. The van der Waals surface area contributed by atoms with Crippen LogP contribution in [0, 0.1) is 10.1 Å². The number of aromatic nitrogens is 2. The van der Waals surface area contributed by atoms with Gasteiger partial charge < -0.3 is 14.1 Å². The first-order chi connectivity index (χ1) is 14.6. The molecule has 9 heteroatoms. The lowest BCUT2D eigenvalue weighted by molar-refractivity contribution is -0.384. The van der Waals surface area contributed by atoms with Crippen LogP contribution in [0.4, 0.5) is 11.4 Å². The largest absolute Gasteiger partial charge is 0.495 e. The molecule has 0 saturated carbocycles. The molecule has 3 aromatic rings. The van der Waals surface area contributed by atoms with E-state index < -0.39 is 4.92 Å². The molecule has 1 saturated heterocycles. The zero-order valence-electron chi connectivity index (χ0n) is 16.9. The van der Waals surface area contributed by atoms with Crippen molar-refractivity contribution >= 4 is 11.4 Å². The number of nitro benzene ring substituents is 1. The molecule has 9 nitrogen and oxygen atoms in total. The second-order valence-corrected chi connectivity index (χ2v) is 7.12. The number of benzene rings is 2. The summed E-state index contributed by atoms with van der Waals surface area (Å²) in [6.07, 6.45) is 0. The number of hydrogen-bond acceptors (Lipinski definition) is 8. The van der Waals surface area contributed by atoms with Gasteiger partial charge in [-0.15, -0.1) is 10.2 Å². The van der Waals surface area contributed by atoms with Crippen LogP contribution < -0.4 is 9.64 Å². The fourth-order valence-electron chi connectivity index (χ4n) is 3.64. The molecule has 0 amide bonds. The second kappa shape index (κ2) is 8.50. The summed E-state index contributed by atoms with van der Waals surface area (Å²) in [5.74, 6) is 1.78. The molecule has 0 spiro atoms. The van der Waals surface area contributed by atoms with Crippen LogP contribution in [-0.4, -0.2) is 53.3 Å². The van der Waals surface area contributed by atoms with Crippen molar-refractivity contribution in [2.45, 2.75) is 13.0 Å². The van der Waals surface area contributed by atoms with Gasteiger partial charge >= 0.3 is 0 Å². The highest BCUT2D eigenvalue weighted by Crippen LogP contribution is 2.30. The third-order valence-electron chi connectivity index (χ3n) is 5.41. The maximum atomic E-state index is 10.8. The van der Waals surface area contributed by atoms with Gasteiger partial charge in [0.05, 0.1) is 23.8 Å². The van der Waals surface area contributed by atoms with Gasteiger partial charge in [-0.3, -0.25) is 15.0 Å². The van der Waals surface area contributed by atoms with Crippen LogP contribution in [0.25, 0.3) is 11.5 Å². The monoisotopic (exact) mass is 409 g/mol. The molecule has 0 radical (unpaired) electrons. The Morgan fingerprint density at radius 3 is 2.43 bits per heavy atom. The maximum absolute atomic E-state index is 10.8. The predicted octanol–water partition coefficient (Wildman–Crippen LogP) is 3.54. The van der Waals surface area contributed by atoms with E-state index in [-0.39, 0.29) is 11.7 Å². The minimum Gasteiger partial charge on any atom is -0.495 e. The van der Waals surface area contributed by atoms with Crippen molar-refractivity contribution in [2.75, 3.05) is 38.2 Å². The van der Waals surface area contributed by atoms with Crippen molar-refractivity contribution in [3.63, 3.8) is 0 Å². The van der Waals surface area contributed by atoms with Gasteiger partial charge in [0.1, 0.15) is 5.75 Å². The number of piperazine rings is 1. The van der Waals surface area contributed by atoms with Crippen LogP contribution in [0.3, 0.4) is 0 Å². The number of ether oxygens (including phenoxy) is 1. The Morgan fingerprint density at radius 1 is 1.07 bits per heavy atom. The number of non-ortho nitro benzene ring substituents is 1. The Hall–Kier alpha value is -3.46. The van der Waals surface area contributed by atoms with E-state index in [0.717, 1.165) is 37.6 Å². The molecule has 4 rings (SSSR count). The molecule has 1 fully saturated rings. The number of nitro groups is 1. The number of hydrogen-bond donors (Lipinski definition) is 0. The zero-order chi connectivity index (χ0) is 21.1. The van der Waals surface area contributed by atoms with Gasteiger partial charge in [0.15, 0.2) is 0 Å². The summed E-state index contributed by atoms with van der Waals surface area (Å²) in [6, 6.07) is 14.1. The van der Waals surface area contributed by atoms with Crippen molar-refractivity contribution in [1.29, 1.82) is 0 Å². The minimum absolute atomic E-state index is 0.0240. The molecule has 0 unspecified atom stereocenters. The highest BCUT2D eigenvalue weighted by molar-refractivity contribution is 5.58. The molecule has 0 aliphatic carbocycles. The Morgan fingerprint density at radius 2 is 1.77 bits per heavy atom. The van der Waals surface area contributed by atoms with Crippen LogP contribution in [0.2, 0.25) is 0 Å².